The second-order valence-electron chi connectivity index (χ2n) is 8.75. The standard InChI is InChI=1S/C26H37N3O6S/c1-8-19(3)27-26(31)20(4)28(16-21-12-10-9-11-18(21)2)25(30)17-29(36(7,32)33)23-15-22(34-5)13-14-24(23)35-6/h9-15,19-20H,8,16-17H2,1-7H3,(H,27,31). The summed E-state index contributed by atoms with van der Waals surface area (Å²) in [5.41, 5.74) is 1.98. The lowest BCUT2D eigenvalue weighted by Crippen LogP contribution is -2.52. The Bertz CT molecular complexity index is 1170. The zero-order valence-electron chi connectivity index (χ0n) is 22.1. The molecule has 0 fully saturated rings. The number of hydrogen-bond acceptors (Lipinski definition) is 6. The third-order valence-electron chi connectivity index (χ3n) is 6.10. The molecule has 0 saturated heterocycles. The third-order valence-corrected chi connectivity index (χ3v) is 7.23. The molecule has 198 valence electrons. The van der Waals surface area contributed by atoms with Gasteiger partial charge in [0.15, 0.2) is 0 Å². The number of ether oxygens (including phenoxy) is 2. The first-order valence-corrected chi connectivity index (χ1v) is 13.6. The van der Waals surface area contributed by atoms with Gasteiger partial charge in [-0.15, -0.1) is 0 Å². The molecule has 0 radical (unpaired) electrons. The summed E-state index contributed by atoms with van der Waals surface area (Å²) >= 11 is 0. The highest BCUT2D eigenvalue weighted by Gasteiger charge is 2.32. The first-order valence-electron chi connectivity index (χ1n) is 11.8. The molecule has 10 heteroatoms. The molecule has 0 aromatic heterocycles. The first-order chi connectivity index (χ1) is 16.9. The van der Waals surface area contributed by atoms with Crippen LogP contribution in [0.3, 0.4) is 0 Å². The van der Waals surface area contributed by atoms with Gasteiger partial charge in [0.1, 0.15) is 24.1 Å². The van der Waals surface area contributed by atoms with E-state index in [0.29, 0.717) is 5.75 Å². The SMILES string of the molecule is CCC(C)NC(=O)C(C)N(Cc1ccccc1C)C(=O)CN(c1cc(OC)ccc1OC)S(C)(=O)=O. The summed E-state index contributed by atoms with van der Waals surface area (Å²) in [6, 6.07) is 11.4. The van der Waals surface area contributed by atoms with Crippen LogP contribution >= 0.6 is 0 Å². The second-order valence-corrected chi connectivity index (χ2v) is 10.7. The molecule has 0 aliphatic carbocycles. The van der Waals surface area contributed by atoms with Crippen LogP contribution < -0.4 is 19.1 Å². The van der Waals surface area contributed by atoms with Crippen LogP contribution in [0.25, 0.3) is 0 Å². The predicted molar refractivity (Wildman–Crippen MR) is 141 cm³/mol. The molecule has 0 saturated carbocycles. The van der Waals surface area contributed by atoms with E-state index >= 15 is 0 Å². The molecule has 9 nitrogen and oxygen atoms in total. The topological polar surface area (TPSA) is 105 Å². The highest BCUT2D eigenvalue weighted by molar-refractivity contribution is 7.92. The number of amides is 2. The van der Waals surface area contributed by atoms with Crippen LogP contribution in [0.15, 0.2) is 42.5 Å². The Morgan fingerprint density at radius 1 is 1.06 bits per heavy atom. The molecule has 2 unspecified atom stereocenters. The number of nitrogens with zero attached hydrogens (tertiary/aromatic N) is 2. The van der Waals surface area contributed by atoms with Gasteiger partial charge in [0, 0.05) is 18.7 Å². The van der Waals surface area contributed by atoms with Crippen LogP contribution in [-0.2, 0) is 26.2 Å². The quantitative estimate of drug-likeness (QED) is 0.462. The summed E-state index contributed by atoms with van der Waals surface area (Å²) in [5.74, 6) is -0.163. The number of rotatable bonds is 12. The summed E-state index contributed by atoms with van der Waals surface area (Å²) in [6.45, 7) is 7.04. The van der Waals surface area contributed by atoms with Gasteiger partial charge in [-0.2, -0.15) is 0 Å². The lowest BCUT2D eigenvalue weighted by Gasteiger charge is -2.32. The van der Waals surface area contributed by atoms with Crippen molar-refractivity contribution in [2.45, 2.75) is 52.7 Å². The minimum absolute atomic E-state index is 0.0658. The van der Waals surface area contributed by atoms with Gasteiger partial charge < -0.3 is 19.7 Å². The largest absolute Gasteiger partial charge is 0.497 e. The Balaban J connectivity index is 2.49. The molecule has 2 atom stereocenters. The zero-order valence-corrected chi connectivity index (χ0v) is 22.9. The molecule has 2 aromatic carbocycles. The third kappa shape index (κ3) is 7.36. The van der Waals surface area contributed by atoms with E-state index in [0.717, 1.165) is 28.1 Å². The van der Waals surface area contributed by atoms with Crippen LogP contribution in [0.2, 0.25) is 0 Å². The maximum Gasteiger partial charge on any atom is 0.244 e. The van der Waals surface area contributed by atoms with Crippen molar-refractivity contribution in [3.05, 3.63) is 53.6 Å². The van der Waals surface area contributed by atoms with Crippen molar-refractivity contribution >= 4 is 27.5 Å². The lowest BCUT2D eigenvalue weighted by molar-refractivity contribution is -0.139. The van der Waals surface area contributed by atoms with Gasteiger partial charge in [0.05, 0.1) is 26.2 Å². The van der Waals surface area contributed by atoms with Crippen LogP contribution in [0.4, 0.5) is 5.69 Å². The lowest BCUT2D eigenvalue weighted by atomic mass is 10.1. The van der Waals surface area contributed by atoms with Crippen molar-refractivity contribution < 1.29 is 27.5 Å². The Hall–Kier alpha value is -3.27. The average Bonchev–Trinajstić information content (AvgIpc) is 2.84. The molecule has 36 heavy (non-hydrogen) atoms. The van der Waals surface area contributed by atoms with Gasteiger partial charge >= 0.3 is 0 Å². The van der Waals surface area contributed by atoms with E-state index in [1.54, 1.807) is 19.1 Å². The second kappa shape index (κ2) is 12.6. The molecular formula is C26H37N3O6S. The molecule has 0 spiro atoms. The minimum Gasteiger partial charge on any atom is -0.497 e. The Kier molecular flexibility index (Phi) is 10.2. The maximum atomic E-state index is 13.7. The maximum absolute atomic E-state index is 13.7. The van der Waals surface area contributed by atoms with E-state index in [2.05, 4.69) is 5.32 Å². The highest BCUT2D eigenvalue weighted by Crippen LogP contribution is 2.34. The smallest absolute Gasteiger partial charge is 0.244 e. The summed E-state index contributed by atoms with van der Waals surface area (Å²) in [6.07, 6.45) is 1.76. The van der Waals surface area contributed by atoms with Crippen molar-refractivity contribution in [2.75, 3.05) is 31.3 Å². The number of aryl methyl sites for hydroxylation is 1. The molecular weight excluding hydrogens is 482 g/mol. The van der Waals surface area contributed by atoms with Crippen molar-refractivity contribution in [3.8, 4) is 11.5 Å². The number of nitrogens with one attached hydrogen (secondary N) is 1. The fourth-order valence-corrected chi connectivity index (χ4v) is 4.45. The van der Waals surface area contributed by atoms with Gasteiger partial charge in [0.25, 0.3) is 0 Å². The number of carbonyl (C=O) groups is 2. The summed E-state index contributed by atoms with van der Waals surface area (Å²) in [4.78, 5) is 28.1. The molecule has 2 aromatic rings. The van der Waals surface area contributed by atoms with Crippen molar-refractivity contribution in [3.63, 3.8) is 0 Å². The van der Waals surface area contributed by atoms with Gasteiger partial charge in [-0.05, 0) is 50.5 Å². The summed E-state index contributed by atoms with van der Waals surface area (Å²) < 4.78 is 37.3. The molecule has 0 aliphatic rings. The zero-order chi connectivity index (χ0) is 27.0. The van der Waals surface area contributed by atoms with E-state index in [1.165, 1.54) is 25.2 Å². The first kappa shape index (κ1) is 29.0. The van der Waals surface area contributed by atoms with Gasteiger partial charge in [-0.25, -0.2) is 8.42 Å². The van der Waals surface area contributed by atoms with Gasteiger partial charge in [0.2, 0.25) is 21.8 Å². The summed E-state index contributed by atoms with van der Waals surface area (Å²) in [5, 5.41) is 2.91. The van der Waals surface area contributed by atoms with E-state index in [9.17, 15) is 18.0 Å². The van der Waals surface area contributed by atoms with Crippen molar-refractivity contribution in [1.82, 2.24) is 10.2 Å². The normalized spacial score (nSPS) is 12.9. The van der Waals surface area contributed by atoms with Crippen LogP contribution in [0, 0.1) is 6.92 Å². The van der Waals surface area contributed by atoms with E-state index in [1.807, 2.05) is 45.0 Å². The van der Waals surface area contributed by atoms with Crippen LogP contribution in [-0.4, -0.2) is 64.2 Å². The number of benzene rings is 2. The number of methoxy groups -OCH3 is 2. The van der Waals surface area contributed by atoms with Gasteiger partial charge in [-0.3, -0.25) is 13.9 Å². The number of sulfonamides is 1. The van der Waals surface area contributed by atoms with E-state index in [-0.39, 0.29) is 29.9 Å². The summed E-state index contributed by atoms with van der Waals surface area (Å²) in [7, 11) is -1.03. The van der Waals surface area contributed by atoms with E-state index in [4.69, 9.17) is 9.47 Å². The molecule has 2 rings (SSSR count). The van der Waals surface area contributed by atoms with Crippen molar-refractivity contribution in [1.29, 1.82) is 0 Å². The predicted octanol–water partition coefficient (Wildman–Crippen LogP) is 3.11. The molecule has 1 N–H and O–H groups in total. The number of anilines is 1. The van der Waals surface area contributed by atoms with Crippen molar-refractivity contribution in [2.24, 2.45) is 0 Å². The molecule has 0 aliphatic heterocycles. The molecule has 0 bridgehead atoms. The Labute approximate surface area is 214 Å². The molecule has 2 amide bonds. The Morgan fingerprint density at radius 2 is 1.72 bits per heavy atom. The minimum atomic E-state index is -3.90. The number of carbonyl (C=O) groups excluding carboxylic acids is 2. The number of hydrogen-bond donors (Lipinski definition) is 1. The van der Waals surface area contributed by atoms with Gasteiger partial charge in [-0.1, -0.05) is 31.2 Å². The fourth-order valence-electron chi connectivity index (χ4n) is 3.61. The average molecular weight is 520 g/mol. The monoisotopic (exact) mass is 519 g/mol. The Morgan fingerprint density at radius 3 is 2.28 bits per heavy atom. The molecule has 0 heterocycles. The van der Waals surface area contributed by atoms with Crippen LogP contribution in [0.1, 0.15) is 38.3 Å². The fraction of sp³-hybridized carbons (Fsp3) is 0.462. The highest BCUT2D eigenvalue weighted by atomic mass is 32.2. The van der Waals surface area contributed by atoms with E-state index < -0.39 is 28.5 Å². The van der Waals surface area contributed by atoms with Crippen LogP contribution in [0.5, 0.6) is 11.5 Å².